The minimum Gasteiger partial charge on any atom is -0.463 e. The van der Waals surface area contributed by atoms with Crippen LogP contribution in [0, 0.1) is 23.7 Å². The van der Waals surface area contributed by atoms with Crippen molar-refractivity contribution in [1.82, 2.24) is 5.32 Å². The van der Waals surface area contributed by atoms with Gasteiger partial charge in [0.1, 0.15) is 5.76 Å². The highest BCUT2D eigenvalue weighted by molar-refractivity contribution is 5.86. The molecule has 0 radical (unpaired) electrons. The zero-order chi connectivity index (χ0) is 14.4. The number of ether oxygens (including phenoxy) is 1. The molecule has 5 unspecified atom stereocenters. The lowest BCUT2D eigenvalue weighted by Gasteiger charge is -2.32. The van der Waals surface area contributed by atoms with E-state index in [1.165, 1.54) is 39.2 Å². The lowest BCUT2D eigenvalue weighted by molar-refractivity contribution is 0.0562. The fourth-order valence-corrected chi connectivity index (χ4v) is 5.22. The SMILES string of the molecule is COC(=O)c1ccc(CNC2CC3CC2C2CCCC32)o1. The van der Waals surface area contributed by atoms with E-state index in [2.05, 4.69) is 10.1 Å². The van der Waals surface area contributed by atoms with Crippen LogP contribution < -0.4 is 5.32 Å². The molecule has 1 aromatic heterocycles. The molecule has 3 fully saturated rings. The van der Waals surface area contributed by atoms with Crippen LogP contribution in [0.2, 0.25) is 0 Å². The van der Waals surface area contributed by atoms with Crippen LogP contribution in [0.25, 0.3) is 0 Å². The molecule has 5 atom stereocenters. The van der Waals surface area contributed by atoms with Crippen molar-refractivity contribution in [2.75, 3.05) is 7.11 Å². The third-order valence-electron chi connectivity index (χ3n) is 6.02. The number of carbonyl (C=O) groups is 1. The average molecular weight is 289 g/mol. The quantitative estimate of drug-likeness (QED) is 0.866. The molecular weight excluding hydrogens is 266 g/mol. The molecule has 1 aromatic rings. The highest BCUT2D eigenvalue weighted by atomic mass is 16.5. The minimum atomic E-state index is -0.407. The summed E-state index contributed by atoms with van der Waals surface area (Å²) in [5.41, 5.74) is 0. The monoisotopic (exact) mass is 289 g/mol. The van der Waals surface area contributed by atoms with Crippen molar-refractivity contribution in [2.24, 2.45) is 23.7 Å². The number of hydrogen-bond donors (Lipinski definition) is 1. The smallest absolute Gasteiger partial charge is 0.373 e. The molecule has 3 aliphatic carbocycles. The van der Waals surface area contributed by atoms with Crippen molar-refractivity contribution in [3.05, 3.63) is 23.7 Å². The summed E-state index contributed by atoms with van der Waals surface area (Å²) in [4.78, 5) is 11.4. The second-order valence-corrected chi connectivity index (χ2v) is 6.90. The van der Waals surface area contributed by atoms with Gasteiger partial charge in [-0.1, -0.05) is 6.42 Å². The Morgan fingerprint density at radius 2 is 2.14 bits per heavy atom. The molecule has 3 saturated carbocycles. The Morgan fingerprint density at radius 1 is 1.29 bits per heavy atom. The van der Waals surface area contributed by atoms with Gasteiger partial charge in [-0.05, 0) is 61.5 Å². The Bertz CT molecular complexity index is 538. The molecular formula is C17H23NO3. The zero-order valence-corrected chi connectivity index (χ0v) is 12.5. The van der Waals surface area contributed by atoms with E-state index in [4.69, 9.17) is 4.42 Å². The van der Waals surface area contributed by atoms with E-state index in [-0.39, 0.29) is 5.76 Å². The Labute approximate surface area is 125 Å². The summed E-state index contributed by atoms with van der Waals surface area (Å²) in [6.07, 6.45) is 7.11. The van der Waals surface area contributed by atoms with Crippen LogP contribution >= 0.6 is 0 Å². The highest BCUT2D eigenvalue weighted by Gasteiger charge is 2.53. The molecule has 4 nitrogen and oxygen atoms in total. The molecule has 1 N–H and O–H groups in total. The maximum absolute atomic E-state index is 11.4. The molecule has 4 rings (SSSR count). The van der Waals surface area contributed by atoms with Crippen LogP contribution in [0.5, 0.6) is 0 Å². The number of methoxy groups -OCH3 is 1. The summed E-state index contributed by atoms with van der Waals surface area (Å²) in [5.74, 6) is 4.54. The van der Waals surface area contributed by atoms with Gasteiger partial charge in [0.05, 0.1) is 13.7 Å². The predicted molar refractivity (Wildman–Crippen MR) is 77.7 cm³/mol. The van der Waals surface area contributed by atoms with Crippen molar-refractivity contribution < 1.29 is 13.9 Å². The molecule has 4 heteroatoms. The number of carbonyl (C=O) groups excluding carboxylic acids is 1. The number of rotatable bonds is 4. The van der Waals surface area contributed by atoms with Crippen molar-refractivity contribution in [1.29, 1.82) is 0 Å². The van der Waals surface area contributed by atoms with E-state index < -0.39 is 5.97 Å². The van der Waals surface area contributed by atoms with Gasteiger partial charge in [-0.15, -0.1) is 0 Å². The van der Waals surface area contributed by atoms with E-state index in [0.29, 0.717) is 12.6 Å². The Kier molecular flexibility index (Phi) is 3.29. The summed E-state index contributed by atoms with van der Waals surface area (Å²) in [5, 5.41) is 3.67. The van der Waals surface area contributed by atoms with Gasteiger partial charge in [0.25, 0.3) is 0 Å². The topological polar surface area (TPSA) is 51.5 Å². The molecule has 2 bridgehead atoms. The first-order chi connectivity index (χ1) is 10.3. The Hall–Kier alpha value is -1.29. The highest BCUT2D eigenvalue weighted by Crippen LogP contribution is 2.58. The average Bonchev–Trinajstić information content (AvgIpc) is 3.23. The minimum absolute atomic E-state index is 0.290. The van der Waals surface area contributed by atoms with Gasteiger partial charge in [0.15, 0.2) is 0 Å². The molecule has 0 spiro atoms. The van der Waals surface area contributed by atoms with E-state index in [0.717, 1.165) is 29.4 Å². The van der Waals surface area contributed by atoms with E-state index in [1.807, 2.05) is 6.07 Å². The van der Waals surface area contributed by atoms with Gasteiger partial charge in [-0.25, -0.2) is 4.79 Å². The molecule has 114 valence electrons. The predicted octanol–water partition coefficient (Wildman–Crippen LogP) is 2.98. The maximum Gasteiger partial charge on any atom is 0.373 e. The van der Waals surface area contributed by atoms with Gasteiger partial charge in [-0.2, -0.15) is 0 Å². The lowest BCUT2D eigenvalue weighted by atomic mass is 9.79. The maximum atomic E-state index is 11.4. The largest absolute Gasteiger partial charge is 0.463 e. The van der Waals surface area contributed by atoms with E-state index in [1.54, 1.807) is 6.07 Å². The number of furan rings is 1. The Balaban J connectivity index is 1.36. The van der Waals surface area contributed by atoms with Gasteiger partial charge < -0.3 is 14.5 Å². The molecule has 21 heavy (non-hydrogen) atoms. The summed E-state index contributed by atoms with van der Waals surface area (Å²) >= 11 is 0. The first-order valence-corrected chi connectivity index (χ1v) is 8.16. The first kappa shape index (κ1) is 13.4. The zero-order valence-electron chi connectivity index (χ0n) is 12.5. The van der Waals surface area contributed by atoms with Crippen LogP contribution in [-0.2, 0) is 11.3 Å². The molecule has 0 amide bonds. The molecule has 0 aromatic carbocycles. The lowest BCUT2D eigenvalue weighted by Crippen LogP contribution is -2.38. The van der Waals surface area contributed by atoms with Crippen LogP contribution in [0.3, 0.4) is 0 Å². The molecule has 3 aliphatic rings. The second-order valence-electron chi connectivity index (χ2n) is 6.90. The van der Waals surface area contributed by atoms with Crippen molar-refractivity contribution in [2.45, 2.75) is 44.7 Å². The van der Waals surface area contributed by atoms with Crippen LogP contribution in [-0.4, -0.2) is 19.1 Å². The summed E-state index contributed by atoms with van der Waals surface area (Å²) in [7, 11) is 1.37. The standard InChI is InChI=1S/C17H23NO3/c1-20-17(19)16-6-5-11(21-16)9-18-15-8-10-7-14(15)13-4-2-3-12(10)13/h5-6,10,12-15,18H,2-4,7-9H2,1H3. The van der Waals surface area contributed by atoms with E-state index >= 15 is 0 Å². The molecule has 0 aliphatic heterocycles. The van der Waals surface area contributed by atoms with Gasteiger partial charge in [-0.3, -0.25) is 0 Å². The molecule has 0 saturated heterocycles. The van der Waals surface area contributed by atoms with Crippen LogP contribution in [0.4, 0.5) is 0 Å². The van der Waals surface area contributed by atoms with Gasteiger partial charge in [0.2, 0.25) is 5.76 Å². The fraction of sp³-hybridized carbons (Fsp3) is 0.706. The molecule has 1 heterocycles. The summed E-state index contributed by atoms with van der Waals surface area (Å²) in [6.45, 7) is 0.711. The van der Waals surface area contributed by atoms with Gasteiger partial charge >= 0.3 is 5.97 Å². The number of fused-ring (bicyclic) bond motifs is 5. The third-order valence-corrected chi connectivity index (χ3v) is 6.02. The first-order valence-electron chi connectivity index (χ1n) is 8.16. The third kappa shape index (κ3) is 2.20. The number of nitrogens with one attached hydrogen (secondary N) is 1. The van der Waals surface area contributed by atoms with E-state index in [9.17, 15) is 4.79 Å². The van der Waals surface area contributed by atoms with Crippen molar-refractivity contribution in [3.63, 3.8) is 0 Å². The van der Waals surface area contributed by atoms with Crippen LogP contribution in [0.15, 0.2) is 16.5 Å². The van der Waals surface area contributed by atoms with Crippen molar-refractivity contribution >= 4 is 5.97 Å². The van der Waals surface area contributed by atoms with Gasteiger partial charge in [0, 0.05) is 6.04 Å². The number of esters is 1. The fourth-order valence-electron chi connectivity index (χ4n) is 5.22. The Morgan fingerprint density at radius 3 is 3.00 bits per heavy atom. The summed E-state index contributed by atoms with van der Waals surface area (Å²) < 4.78 is 10.2. The normalized spacial score (nSPS) is 36.9. The van der Waals surface area contributed by atoms with Crippen LogP contribution in [0.1, 0.15) is 48.4 Å². The van der Waals surface area contributed by atoms with Crippen molar-refractivity contribution in [3.8, 4) is 0 Å². The number of hydrogen-bond acceptors (Lipinski definition) is 4. The summed E-state index contributed by atoms with van der Waals surface area (Å²) in [6, 6.07) is 4.20. The second kappa shape index (κ2) is 5.16.